The predicted octanol–water partition coefficient (Wildman–Crippen LogP) is 3.30. The zero-order valence-electron chi connectivity index (χ0n) is 12.2. The van der Waals surface area contributed by atoms with Gasteiger partial charge in [0.05, 0.1) is 0 Å². The Morgan fingerprint density at radius 3 is 2.63 bits per heavy atom. The molecule has 1 aromatic rings. The lowest BCUT2D eigenvalue weighted by Crippen LogP contribution is -2.36. The summed E-state index contributed by atoms with van der Waals surface area (Å²) in [5.74, 6) is 0.984. The summed E-state index contributed by atoms with van der Waals surface area (Å²) in [5, 5.41) is 6.35. The topological polar surface area (TPSA) is 41.1 Å². The summed E-state index contributed by atoms with van der Waals surface area (Å²) in [6.45, 7) is 7.02. The van der Waals surface area contributed by atoms with E-state index in [2.05, 4.69) is 30.7 Å². The standard InChI is InChI=1S/C15H24N2OS/c1-5-12(10-19-4)17-15(18)14-8-7-13(16-6-2)9-11(14)3/h7-9,12,16H,5-6,10H2,1-4H3,(H,17,18). The fourth-order valence-corrected chi connectivity index (χ4v) is 2.68. The first-order valence-electron chi connectivity index (χ1n) is 6.76. The van der Waals surface area contributed by atoms with Crippen molar-refractivity contribution < 1.29 is 4.79 Å². The van der Waals surface area contributed by atoms with Gasteiger partial charge >= 0.3 is 0 Å². The molecule has 0 heterocycles. The summed E-state index contributed by atoms with van der Waals surface area (Å²) in [4.78, 5) is 12.2. The number of nitrogens with one attached hydrogen (secondary N) is 2. The summed E-state index contributed by atoms with van der Waals surface area (Å²) in [6, 6.07) is 6.12. The Morgan fingerprint density at radius 1 is 1.37 bits per heavy atom. The first-order valence-corrected chi connectivity index (χ1v) is 8.16. The number of hydrogen-bond donors (Lipinski definition) is 2. The Morgan fingerprint density at radius 2 is 2.11 bits per heavy atom. The minimum Gasteiger partial charge on any atom is -0.385 e. The Hall–Kier alpha value is -1.16. The van der Waals surface area contributed by atoms with Crippen LogP contribution in [0.1, 0.15) is 36.2 Å². The van der Waals surface area contributed by atoms with E-state index in [0.29, 0.717) is 0 Å². The Labute approximate surface area is 120 Å². The van der Waals surface area contributed by atoms with Crippen molar-refractivity contribution in [3.05, 3.63) is 29.3 Å². The van der Waals surface area contributed by atoms with Gasteiger partial charge in [0.15, 0.2) is 0 Å². The lowest BCUT2D eigenvalue weighted by molar-refractivity contribution is 0.0939. The Kier molecular flexibility index (Phi) is 6.78. The van der Waals surface area contributed by atoms with Gasteiger partial charge < -0.3 is 10.6 Å². The van der Waals surface area contributed by atoms with Crippen LogP contribution in [-0.2, 0) is 0 Å². The minimum absolute atomic E-state index is 0.0291. The largest absolute Gasteiger partial charge is 0.385 e. The highest BCUT2D eigenvalue weighted by atomic mass is 32.2. The molecule has 106 valence electrons. The highest BCUT2D eigenvalue weighted by Gasteiger charge is 2.13. The molecule has 19 heavy (non-hydrogen) atoms. The van der Waals surface area contributed by atoms with E-state index >= 15 is 0 Å². The highest BCUT2D eigenvalue weighted by molar-refractivity contribution is 7.98. The van der Waals surface area contributed by atoms with Crippen LogP contribution in [0.4, 0.5) is 5.69 Å². The smallest absolute Gasteiger partial charge is 0.251 e. The van der Waals surface area contributed by atoms with Gasteiger partial charge in [-0.2, -0.15) is 11.8 Å². The average Bonchev–Trinajstić information content (AvgIpc) is 2.38. The van der Waals surface area contributed by atoms with Crippen LogP contribution in [0.5, 0.6) is 0 Å². The van der Waals surface area contributed by atoms with Gasteiger partial charge in [-0.1, -0.05) is 6.92 Å². The van der Waals surface area contributed by atoms with Crippen LogP contribution in [0.25, 0.3) is 0 Å². The molecule has 0 radical (unpaired) electrons. The molecule has 1 amide bonds. The van der Waals surface area contributed by atoms with E-state index in [-0.39, 0.29) is 11.9 Å². The van der Waals surface area contributed by atoms with Crippen LogP contribution in [0, 0.1) is 6.92 Å². The van der Waals surface area contributed by atoms with Gasteiger partial charge in [0.1, 0.15) is 0 Å². The third kappa shape index (κ3) is 4.78. The molecule has 1 atom stereocenters. The third-order valence-electron chi connectivity index (χ3n) is 3.05. The number of carbonyl (C=O) groups is 1. The first kappa shape index (κ1) is 15.9. The van der Waals surface area contributed by atoms with Crippen molar-refractivity contribution in [2.75, 3.05) is 23.9 Å². The second kappa shape index (κ2) is 8.10. The van der Waals surface area contributed by atoms with Gasteiger partial charge in [0.25, 0.3) is 5.91 Å². The maximum atomic E-state index is 12.2. The number of hydrogen-bond acceptors (Lipinski definition) is 3. The summed E-state index contributed by atoms with van der Waals surface area (Å²) in [5.41, 5.74) is 2.84. The van der Waals surface area contributed by atoms with Crippen molar-refractivity contribution in [2.24, 2.45) is 0 Å². The number of amides is 1. The van der Waals surface area contributed by atoms with Crippen molar-refractivity contribution in [1.29, 1.82) is 0 Å². The maximum absolute atomic E-state index is 12.2. The normalized spacial score (nSPS) is 12.0. The van der Waals surface area contributed by atoms with Gasteiger partial charge in [-0.05, 0) is 50.3 Å². The van der Waals surface area contributed by atoms with Crippen LogP contribution in [-0.4, -0.2) is 30.5 Å². The lowest BCUT2D eigenvalue weighted by atomic mass is 10.1. The second-order valence-corrected chi connectivity index (χ2v) is 5.50. The quantitative estimate of drug-likeness (QED) is 0.805. The zero-order valence-corrected chi connectivity index (χ0v) is 13.1. The molecule has 0 aliphatic rings. The number of carbonyl (C=O) groups excluding carboxylic acids is 1. The SMILES string of the molecule is CCNc1ccc(C(=O)NC(CC)CSC)c(C)c1. The summed E-state index contributed by atoms with van der Waals surface area (Å²) < 4.78 is 0. The zero-order chi connectivity index (χ0) is 14.3. The molecule has 1 rings (SSSR count). The fraction of sp³-hybridized carbons (Fsp3) is 0.533. The number of rotatable bonds is 7. The molecular weight excluding hydrogens is 256 g/mol. The monoisotopic (exact) mass is 280 g/mol. The van der Waals surface area contributed by atoms with E-state index in [1.54, 1.807) is 11.8 Å². The molecule has 0 aromatic heterocycles. The maximum Gasteiger partial charge on any atom is 0.251 e. The molecule has 3 nitrogen and oxygen atoms in total. The number of benzene rings is 1. The average molecular weight is 280 g/mol. The number of thioether (sulfide) groups is 1. The minimum atomic E-state index is 0.0291. The highest BCUT2D eigenvalue weighted by Crippen LogP contribution is 2.15. The molecule has 0 aliphatic carbocycles. The molecule has 1 aromatic carbocycles. The summed E-state index contributed by atoms with van der Waals surface area (Å²) in [7, 11) is 0. The molecule has 0 bridgehead atoms. The van der Waals surface area contributed by atoms with Crippen molar-refractivity contribution in [1.82, 2.24) is 5.32 Å². The van der Waals surface area contributed by atoms with E-state index in [9.17, 15) is 4.79 Å². The van der Waals surface area contributed by atoms with E-state index in [1.807, 2.05) is 25.1 Å². The van der Waals surface area contributed by atoms with Gasteiger partial charge in [-0.15, -0.1) is 0 Å². The molecule has 1 unspecified atom stereocenters. The summed E-state index contributed by atoms with van der Waals surface area (Å²) >= 11 is 1.76. The van der Waals surface area contributed by atoms with Crippen LogP contribution in [0.2, 0.25) is 0 Å². The van der Waals surface area contributed by atoms with Crippen molar-refractivity contribution >= 4 is 23.4 Å². The third-order valence-corrected chi connectivity index (χ3v) is 3.78. The van der Waals surface area contributed by atoms with Crippen LogP contribution >= 0.6 is 11.8 Å². The van der Waals surface area contributed by atoms with Crippen molar-refractivity contribution in [2.45, 2.75) is 33.2 Å². The van der Waals surface area contributed by atoms with Crippen molar-refractivity contribution in [3.63, 3.8) is 0 Å². The molecule has 0 fully saturated rings. The second-order valence-electron chi connectivity index (χ2n) is 4.59. The molecule has 2 N–H and O–H groups in total. The molecule has 4 heteroatoms. The molecule has 0 aliphatic heterocycles. The molecule has 0 saturated heterocycles. The van der Waals surface area contributed by atoms with E-state index in [4.69, 9.17) is 0 Å². The van der Waals surface area contributed by atoms with Gasteiger partial charge in [-0.25, -0.2) is 0 Å². The molecule has 0 saturated carbocycles. The van der Waals surface area contributed by atoms with Gasteiger partial charge in [0, 0.05) is 29.6 Å². The van der Waals surface area contributed by atoms with Crippen LogP contribution in [0.3, 0.4) is 0 Å². The Bertz CT molecular complexity index is 421. The lowest BCUT2D eigenvalue weighted by Gasteiger charge is -2.17. The predicted molar refractivity (Wildman–Crippen MR) is 85.3 cm³/mol. The van der Waals surface area contributed by atoms with E-state index in [1.165, 1.54) is 0 Å². The van der Waals surface area contributed by atoms with Crippen LogP contribution in [0.15, 0.2) is 18.2 Å². The number of anilines is 1. The first-order chi connectivity index (χ1) is 9.12. The van der Waals surface area contributed by atoms with E-state index < -0.39 is 0 Å². The van der Waals surface area contributed by atoms with Crippen molar-refractivity contribution in [3.8, 4) is 0 Å². The fourth-order valence-electron chi connectivity index (χ4n) is 1.96. The molecule has 0 spiro atoms. The summed E-state index contributed by atoms with van der Waals surface area (Å²) in [6.07, 6.45) is 3.02. The molecular formula is C15H24N2OS. The number of aryl methyl sites for hydroxylation is 1. The Balaban J connectivity index is 2.76. The van der Waals surface area contributed by atoms with Gasteiger partial charge in [-0.3, -0.25) is 4.79 Å². The van der Waals surface area contributed by atoms with Crippen LogP contribution < -0.4 is 10.6 Å². The van der Waals surface area contributed by atoms with E-state index in [0.717, 1.165) is 35.5 Å². The van der Waals surface area contributed by atoms with Gasteiger partial charge in [0.2, 0.25) is 0 Å².